The Labute approximate surface area is 269 Å². The summed E-state index contributed by atoms with van der Waals surface area (Å²) in [6.07, 6.45) is 17.5. The third-order valence-electron chi connectivity index (χ3n) is 8.21. The van der Waals surface area contributed by atoms with Crippen LogP contribution < -0.4 is 0 Å². The first-order valence-electron chi connectivity index (χ1n) is 18.0. The number of hydrogen-bond donors (Lipinski definition) is 1. The number of unbranched alkanes of at least 4 members (excludes halogenated alkanes) is 12. The number of aliphatic carboxylic acids is 1. The Kier molecular flexibility index (Phi) is 29.8. The molecule has 1 atom stereocenters. The van der Waals surface area contributed by atoms with Gasteiger partial charge in [-0.15, -0.1) is 0 Å². The second kappa shape index (κ2) is 31.1. The van der Waals surface area contributed by atoms with Crippen LogP contribution in [0, 0.1) is 0 Å². The number of hydrogen-bond acceptors (Lipinski definition) is 8. The van der Waals surface area contributed by atoms with Crippen molar-refractivity contribution in [3.63, 3.8) is 0 Å². The van der Waals surface area contributed by atoms with Gasteiger partial charge in [0.25, 0.3) is 0 Å². The first-order valence-corrected chi connectivity index (χ1v) is 18.0. The van der Waals surface area contributed by atoms with Crippen molar-refractivity contribution in [2.24, 2.45) is 0 Å². The van der Waals surface area contributed by atoms with E-state index in [0.717, 1.165) is 110 Å². The average molecular weight is 629 g/mol. The lowest BCUT2D eigenvalue weighted by atomic mass is 10.0. The highest BCUT2D eigenvalue weighted by Crippen LogP contribution is 2.17. The van der Waals surface area contributed by atoms with E-state index in [0.29, 0.717) is 26.1 Å². The Balaban J connectivity index is 4.62. The summed E-state index contributed by atoms with van der Waals surface area (Å²) in [6, 6.07) is 0. The molecule has 0 bridgehead atoms. The minimum absolute atomic E-state index is 0.137. The van der Waals surface area contributed by atoms with Gasteiger partial charge in [0.05, 0.1) is 13.0 Å². The van der Waals surface area contributed by atoms with E-state index in [4.69, 9.17) is 19.3 Å². The van der Waals surface area contributed by atoms with Gasteiger partial charge in [-0.05, 0) is 51.6 Å². The molecule has 0 spiro atoms. The Morgan fingerprint density at radius 2 is 1.11 bits per heavy atom. The maximum Gasteiger partial charge on any atom is 0.508 e. The molecule has 0 rings (SSSR count). The van der Waals surface area contributed by atoms with E-state index in [1.807, 2.05) is 0 Å². The van der Waals surface area contributed by atoms with Crippen LogP contribution in [0.1, 0.15) is 150 Å². The number of carbonyl (C=O) groups is 3. The molecule has 44 heavy (non-hydrogen) atoms. The lowest BCUT2D eigenvalue weighted by Gasteiger charge is -2.26. The van der Waals surface area contributed by atoms with Crippen LogP contribution in [-0.4, -0.2) is 91.6 Å². The zero-order valence-corrected chi connectivity index (χ0v) is 29.0. The van der Waals surface area contributed by atoms with Crippen molar-refractivity contribution in [3.05, 3.63) is 0 Å². The van der Waals surface area contributed by atoms with Crippen molar-refractivity contribution in [3.8, 4) is 0 Å². The van der Waals surface area contributed by atoms with Gasteiger partial charge in [0.2, 0.25) is 0 Å². The summed E-state index contributed by atoms with van der Waals surface area (Å²) in [4.78, 5) is 40.1. The molecule has 0 fully saturated rings. The molecular weight excluding hydrogens is 560 g/mol. The van der Waals surface area contributed by atoms with Crippen LogP contribution in [-0.2, 0) is 23.8 Å². The van der Waals surface area contributed by atoms with Crippen LogP contribution in [0.2, 0.25) is 0 Å². The molecule has 0 aliphatic rings. The summed E-state index contributed by atoms with van der Waals surface area (Å²) >= 11 is 0. The third kappa shape index (κ3) is 27.7. The predicted octanol–water partition coefficient (Wildman–Crippen LogP) is 8.23. The van der Waals surface area contributed by atoms with Gasteiger partial charge in [-0.1, -0.05) is 98.3 Å². The van der Waals surface area contributed by atoms with Crippen molar-refractivity contribution in [2.75, 3.05) is 52.5 Å². The van der Waals surface area contributed by atoms with Crippen molar-refractivity contribution in [1.82, 2.24) is 9.80 Å². The third-order valence-corrected chi connectivity index (χ3v) is 8.21. The lowest BCUT2D eigenvalue weighted by molar-refractivity contribution is -0.144. The highest BCUT2D eigenvalue weighted by Gasteiger charge is 2.17. The first-order chi connectivity index (χ1) is 21.4. The Morgan fingerprint density at radius 1 is 0.568 bits per heavy atom. The Bertz CT molecular complexity index is 688. The average Bonchev–Trinajstić information content (AvgIpc) is 3.00. The van der Waals surface area contributed by atoms with Crippen molar-refractivity contribution in [2.45, 2.75) is 156 Å². The number of carboxylic acids is 1. The van der Waals surface area contributed by atoms with E-state index in [-0.39, 0.29) is 25.1 Å². The SMILES string of the molecule is CCCCCCCOC(=O)CCN(CCOC(=O)OC(CCCCCC)CCCCCCCCC(=O)O)CCN(CC)CC. The van der Waals surface area contributed by atoms with Crippen LogP contribution in [0.25, 0.3) is 0 Å². The van der Waals surface area contributed by atoms with Crippen molar-refractivity contribution < 1.29 is 33.7 Å². The van der Waals surface area contributed by atoms with Gasteiger partial charge in [0.15, 0.2) is 0 Å². The first kappa shape index (κ1) is 42.1. The van der Waals surface area contributed by atoms with Crippen LogP contribution in [0.5, 0.6) is 0 Å². The monoisotopic (exact) mass is 629 g/mol. The van der Waals surface area contributed by atoms with Gasteiger partial charge in [-0.3, -0.25) is 14.5 Å². The number of nitrogens with zero attached hydrogens (tertiary/aromatic N) is 2. The summed E-state index contributed by atoms with van der Waals surface area (Å²) in [7, 11) is 0. The van der Waals surface area contributed by atoms with Gasteiger partial charge in [-0.2, -0.15) is 0 Å². The lowest BCUT2D eigenvalue weighted by Crippen LogP contribution is -2.38. The quantitative estimate of drug-likeness (QED) is 0.0582. The molecule has 0 aliphatic heterocycles. The largest absolute Gasteiger partial charge is 0.508 e. The maximum atomic E-state index is 12.6. The summed E-state index contributed by atoms with van der Waals surface area (Å²) in [5.74, 6) is -0.893. The zero-order chi connectivity index (χ0) is 32.7. The van der Waals surface area contributed by atoms with Crippen molar-refractivity contribution >= 4 is 18.1 Å². The van der Waals surface area contributed by atoms with E-state index >= 15 is 0 Å². The molecule has 0 saturated heterocycles. The van der Waals surface area contributed by atoms with Crippen LogP contribution in [0.4, 0.5) is 4.79 Å². The second-order valence-corrected chi connectivity index (χ2v) is 12.0. The number of carbonyl (C=O) groups excluding carboxylic acids is 2. The van der Waals surface area contributed by atoms with E-state index in [1.165, 1.54) is 25.7 Å². The number of ether oxygens (including phenoxy) is 3. The van der Waals surface area contributed by atoms with Crippen LogP contribution in [0.15, 0.2) is 0 Å². The molecule has 0 amide bonds. The summed E-state index contributed by atoms with van der Waals surface area (Å²) < 4.78 is 16.7. The number of likely N-dealkylation sites (N-methyl/N-ethyl adjacent to an activating group) is 1. The molecule has 1 unspecified atom stereocenters. The summed E-state index contributed by atoms with van der Waals surface area (Å²) in [5, 5.41) is 8.76. The molecule has 0 saturated carbocycles. The summed E-state index contributed by atoms with van der Waals surface area (Å²) in [6.45, 7) is 14.1. The van der Waals surface area contributed by atoms with Crippen LogP contribution >= 0.6 is 0 Å². The van der Waals surface area contributed by atoms with Gasteiger partial charge in [0.1, 0.15) is 12.7 Å². The number of esters is 1. The fourth-order valence-electron chi connectivity index (χ4n) is 5.22. The van der Waals surface area contributed by atoms with E-state index in [1.54, 1.807) is 0 Å². The molecule has 0 heterocycles. The molecule has 9 heteroatoms. The van der Waals surface area contributed by atoms with E-state index in [9.17, 15) is 14.4 Å². The minimum atomic E-state index is -0.726. The van der Waals surface area contributed by atoms with Gasteiger partial charge in [-0.25, -0.2) is 4.79 Å². The zero-order valence-electron chi connectivity index (χ0n) is 29.0. The molecule has 0 aromatic heterocycles. The molecule has 1 N–H and O–H groups in total. The molecule has 0 aliphatic carbocycles. The van der Waals surface area contributed by atoms with Gasteiger partial charge < -0.3 is 24.2 Å². The molecule has 0 radical (unpaired) electrons. The Morgan fingerprint density at radius 3 is 1.73 bits per heavy atom. The van der Waals surface area contributed by atoms with Crippen molar-refractivity contribution in [1.29, 1.82) is 0 Å². The number of carboxylic acid groups (broad SMARTS) is 1. The smallest absolute Gasteiger partial charge is 0.481 e. The highest BCUT2D eigenvalue weighted by molar-refractivity contribution is 5.69. The molecule has 0 aromatic carbocycles. The molecule has 0 aromatic rings. The van der Waals surface area contributed by atoms with Crippen LogP contribution in [0.3, 0.4) is 0 Å². The molecule has 9 nitrogen and oxygen atoms in total. The van der Waals surface area contributed by atoms with E-state index in [2.05, 4.69) is 37.5 Å². The van der Waals surface area contributed by atoms with E-state index < -0.39 is 12.1 Å². The number of rotatable bonds is 32. The molecule has 260 valence electrons. The highest BCUT2D eigenvalue weighted by atomic mass is 16.7. The standard InChI is InChI=1S/C35H68N2O7/c1-5-9-11-17-21-30-42-34(40)25-26-37(28-27-36(7-3)8-4)29-31-43-35(41)44-32(22-18-12-10-6-2)23-19-15-13-14-16-20-24-33(38)39/h32H,5-31H2,1-4H3,(H,38,39). The second-order valence-electron chi connectivity index (χ2n) is 12.0. The fourth-order valence-corrected chi connectivity index (χ4v) is 5.22. The minimum Gasteiger partial charge on any atom is -0.481 e. The van der Waals surface area contributed by atoms with Gasteiger partial charge in [0, 0.05) is 32.6 Å². The predicted molar refractivity (Wildman–Crippen MR) is 178 cm³/mol. The maximum absolute atomic E-state index is 12.6. The normalized spacial score (nSPS) is 12.0. The molecular formula is C35H68N2O7. The summed E-state index contributed by atoms with van der Waals surface area (Å²) in [5.41, 5.74) is 0. The Hall–Kier alpha value is -1.87. The fraction of sp³-hybridized carbons (Fsp3) is 0.914. The van der Waals surface area contributed by atoms with Gasteiger partial charge >= 0.3 is 18.1 Å². The topological polar surface area (TPSA) is 106 Å².